The summed E-state index contributed by atoms with van der Waals surface area (Å²) in [6.07, 6.45) is 5.09. The Morgan fingerprint density at radius 1 is 1.15 bits per heavy atom. The molecule has 1 aliphatic carbocycles. The predicted molar refractivity (Wildman–Crippen MR) is 102 cm³/mol. The summed E-state index contributed by atoms with van der Waals surface area (Å²) in [6, 6.07) is 6.33. The van der Waals surface area contributed by atoms with Gasteiger partial charge >= 0.3 is 0 Å². The third-order valence-electron chi connectivity index (χ3n) is 4.95. The molecule has 1 unspecified atom stereocenters. The molecular formula is C19H30N4O3. The van der Waals surface area contributed by atoms with Crippen LogP contribution in [0.25, 0.3) is 0 Å². The van der Waals surface area contributed by atoms with Gasteiger partial charge in [0.15, 0.2) is 0 Å². The van der Waals surface area contributed by atoms with Crippen LogP contribution in [-0.2, 0) is 4.79 Å². The summed E-state index contributed by atoms with van der Waals surface area (Å²) >= 11 is 0. The SMILES string of the molecule is CN(C)c1ccc(C(=O)NNC(=O)C(O)[C@H](N)CC2CCCCC2)cc1. The van der Waals surface area contributed by atoms with E-state index in [4.69, 9.17) is 5.73 Å². The average molecular weight is 362 g/mol. The Hall–Kier alpha value is -2.12. The van der Waals surface area contributed by atoms with E-state index in [0.29, 0.717) is 17.9 Å². The van der Waals surface area contributed by atoms with Gasteiger partial charge in [0.05, 0.1) is 0 Å². The fraction of sp³-hybridized carbons (Fsp3) is 0.579. The zero-order valence-corrected chi connectivity index (χ0v) is 15.6. The van der Waals surface area contributed by atoms with E-state index in [1.54, 1.807) is 12.1 Å². The smallest absolute Gasteiger partial charge is 0.269 e. The summed E-state index contributed by atoms with van der Waals surface area (Å²) in [5.41, 5.74) is 11.9. The lowest BCUT2D eigenvalue weighted by Crippen LogP contribution is -2.52. The first-order chi connectivity index (χ1) is 12.4. The van der Waals surface area contributed by atoms with Crippen molar-refractivity contribution in [3.63, 3.8) is 0 Å². The number of benzene rings is 1. The summed E-state index contributed by atoms with van der Waals surface area (Å²) < 4.78 is 0. The number of rotatable bonds is 6. The number of amides is 2. The standard InChI is InChI=1S/C19H30N4O3/c1-23(2)15-10-8-14(9-11-15)18(25)21-22-19(26)17(24)16(20)12-13-6-4-3-5-7-13/h8-11,13,16-17,24H,3-7,12,20H2,1-2H3,(H,21,25)(H,22,26)/t16-,17?/m1/s1. The molecule has 1 aromatic rings. The zero-order valence-electron chi connectivity index (χ0n) is 15.6. The lowest BCUT2D eigenvalue weighted by molar-refractivity contribution is -0.131. The number of aliphatic hydroxyl groups is 1. The molecule has 0 spiro atoms. The van der Waals surface area contributed by atoms with E-state index in [1.807, 2.05) is 31.1 Å². The number of carbonyl (C=O) groups is 2. The summed E-state index contributed by atoms with van der Waals surface area (Å²) in [4.78, 5) is 26.1. The molecule has 2 atom stereocenters. The van der Waals surface area contributed by atoms with E-state index < -0.39 is 24.0 Å². The van der Waals surface area contributed by atoms with Gasteiger partial charge in [-0.15, -0.1) is 0 Å². The third-order valence-corrected chi connectivity index (χ3v) is 4.95. The van der Waals surface area contributed by atoms with Crippen LogP contribution in [0, 0.1) is 5.92 Å². The first-order valence-electron chi connectivity index (χ1n) is 9.19. The van der Waals surface area contributed by atoms with Crippen LogP contribution in [0.3, 0.4) is 0 Å². The van der Waals surface area contributed by atoms with Crippen LogP contribution in [0.15, 0.2) is 24.3 Å². The molecule has 0 aliphatic heterocycles. The highest BCUT2D eigenvalue weighted by atomic mass is 16.3. The summed E-state index contributed by atoms with van der Waals surface area (Å²) in [7, 11) is 3.82. The fourth-order valence-corrected chi connectivity index (χ4v) is 3.31. The summed E-state index contributed by atoms with van der Waals surface area (Å²) in [5.74, 6) is -0.672. The Balaban J connectivity index is 1.79. The van der Waals surface area contributed by atoms with Crippen molar-refractivity contribution < 1.29 is 14.7 Å². The molecule has 144 valence electrons. The first-order valence-corrected chi connectivity index (χ1v) is 9.19. The maximum Gasteiger partial charge on any atom is 0.269 e. The number of anilines is 1. The van der Waals surface area contributed by atoms with Gasteiger partial charge in [0.25, 0.3) is 11.8 Å². The van der Waals surface area contributed by atoms with Crippen molar-refractivity contribution in [3.8, 4) is 0 Å². The Kier molecular flexibility index (Phi) is 7.41. The van der Waals surface area contributed by atoms with Gasteiger partial charge in [-0.25, -0.2) is 0 Å². The van der Waals surface area contributed by atoms with Crippen LogP contribution in [0.1, 0.15) is 48.9 Å². The number of nitrogens with two attached hydrogens (primary N) is 1. The minimum Gasteiger partial charge on any atom is -0.382 e. The Morgan fingerprint density at radius 2 is 1.77 bits per heavy atom. The quantitative estimate of drug-likeness (QED) is 0.568. The Morgan fingerprint density at radius 3 is 2.35 bits per heavy atom. The van der Waals surface area contributed by atoms with Crippen molar-refractivity contribution in [3.05, 3.63) is 29.8 Å². The number of carbonyl (C=O) groups excluding carboxylic acids is 2. The van der Waals surface area contributed by atoms with Crippen LogP contribution in [-0.4, -0.2) is 43.2 Å². The van der Waals surface area contributed by atoms with Crippen LogP contribution >= 0.6 is 0 Å². The molecule has 0 saturated heterocycles. The van der Waals surface area contributed by atoms with Gasteiger partial charge in [-0.3, -0.25) is 20.4 Å². The van der Waals surface area contributed by atoms with Gasteiger partial charge in [-0.2, -0.15) is 0 Å². The Labute approximate surface area is 154 Å². The molecule has 5 N–H and O–H groups in total. The van der Waals surface area contributed by atoms with Crippen LogP contribution in [0.5, 0.6) is 0 Å². The van der Waals surface area contributed by atoms with Gasteiger partial charge in [0.2, 0.25) is 0 Å². The van der Waals surface area contributed by atoms with Crippen molar-refractivity contribution in [1.29, 1.82) is 0 Å². The normalized spacial score (nSPS) is 17.2. The molecule has 2 amide bonds. The number of hydrazine groups is 1. The van der Waals surface area contributed by atoms with Crippen LogP contribution in [0.2, 0.25) is 0 Å². The predicted octanol–water partition coefficient (Wildman–Crippen LogP) is 1.17. The highest BCUT2D eigenvalue weighted by Crippen LogP contribution is 2.27. The number of hydrogen-bond donors (Lipinski definition) is 4. The number of nitrogens with one attached hydrogen (secondary N) is 2. The van der Waals surface area contributed by atoms with Crippen LogP contribution in [0.4, 0.5) is 5.69 Å². The highest BCUT2D eigenvalue weighted by molar-refractivity contribution is 5.96. The molecule has 1 aromatic carbocycles. The highest BCUT2D eigenvalue weighted by Gasteiger charge is 2.26. The molecule has 0 radical (unpaired) electrons. The molecule has 1 aliphatic rings. The monoisotopic (exact) mass is 362 g/mol. The molecular weight excluding hydrogens is 332 g/mol. The molecule has 0 bridgehead atoms. The van der Waals surface area contributed by atoms with E-state index >= 15 is 0 Å². The van der Waals surface area contributed by atoms with Gasteiger partial charge in [-0.1, -0.05) is 32.1 Å². The average Bonchev–Trinajstić information content (AvgIpc) is 2.66. The second-order valence-electron chi connectivity index (χ2n) is 7.23. The molecule has 26 heavy (non-hydrogen) atoms. The lowest BCUT2D eigenvalue weighted by atomic mass is 9.84. The molecule has 2 rings (SSSR count). The summed E-state index contributed by atoms with van der Waals surface area (Å²) in [5, 5.41) is 10.1. The Bertz CT molecular complexity index is 597. The van der Waals surface area contributed by atoms with E-state index in [9.17, 15) is 14.7 Å². The largest absolute Gasteiger partial charge is 0.382 e. The van der Waals surface area contributed by atoms with Crippen LogP contribution < -0.4 is 21.5 Å². The molecule has 0 aromatic heterocycles. The second-order valence-corrected chi connectivity index (χ2v) is 7.23. The third kappa shape index (κ3) is 5.71. The number of hydrogen-bond acceptors (Lipinski definition) is 5. The second kappa shape index (κ2) is 9.54. The molecule has 7 nitrogen and oxygen atoms in total. The van der Waals surface area contributed by atoms with Crippen molar-refractivity contribution in [2.75, 3.05) is 19.0 Å². The minimum absolute atomic E-state index is 0.414. The van der Waals surface area contributed by atoms with Gasteiger partial charge in [-0.05, 0) is 36.6 Å². The van der Waals surface area contributed by atoms with E-state index in [0.717, 1.165) is 18.5 Å². The van der Waals surface area contributed by atoms with E-state index in [2.05, 4.69) is 10.9 Å². The fourth-order valence-electron chi connectivity index (χ4n) is 3.31. The lowest BCUT2D eigenvalue weighted by Gasteiger charge is -2.26. The number of aliphatic hydroxyl groups excluding tert-OH is 1. The molecule has 7 heteroatoms. The maximum atomic E-state index is 12.1. The van der Waals surface area contributed by atoms with Crippen molar-refractivity contribution in [2.24, 2.45) is 11.7 Å². The molecule has 0 heterocycles. The van der Waals surface area contributed by atoms with Gasteiger partial charge in [0.1, 0.15) is 6.10 Å². The van der Waals surface area contributed by atoms with Crippen molar-refractivity contribution in [2.45, 2.75) is 50.7 Å². The number of nitrogens with zero attached hydrogens (tertiary/aromatic N) is 1. The minimum atomic E-state index is -1.34. The molecule has 1 fully saturated rings. The van der Waals surface area contributed by atoms with Crippen molar-refractivity contribution in [1.82, 2.24) is 10.9 Å². The van der Waals surface area contributed by atoms with E-state index in [1.165, 1.54) is 19.3 Å². The first kappa shape index (κ1) is 20.2. The van der Waals surface area contributed by atoms with Crippen molar-refractivity contribution >= 4 is 17.5 Å². The zero-order chi connectivity index (χ0) is 19.1. The van der Waals surface area contributed by atoms with E-state index in [-0.39, 0.29) is 0 Å². The maximum absolute atomic E-state index is 12.1. The summed E-state index contributed by atoms with van der Waals surface area (Å²) in [6.45, 7) is 0. The van der Waals surface area contributed by atoms with Gasteiger partial charge in [0, 0.05) is 31.4 Å². The van der Waals surface area contributed by atoms with Gasteiger partial charge < -0.3 is 15.7 Å². The topological polar surface area (TPSA) is 108 Å². The molecule has 1 saturated carbocycles.